The molecular formula is C23H22N2O5. The predicted octanol–water partition coefficient (Wildman–Crippen LogP) is 2.95. The molecule has 0 atom stereocenters. The van der Waals surface area contributed by atoms with Crippen LogP contribution in [0.1, 0.15) is 11.1 Å². The van der Waals surface area contributed by atoms with E-state index in [1.807, 2.05) is 6.07 Å². The summed E-state index contributed by atoms with van der Waals surface area (Å²) in [6, 6.07) is 12.2. The summed E-state index contributed by atoms with van der Waals surface area (Å²) in [5.41, 5.74) is 1.30. The molecule has 7 nitrogen and oxygen atoms in total. The highest BCUT2D eigenvalue weighted by molar-refractivity contribution is 6.01. The fraction of sp³-hybridized carbons (Fsp3) is 0.217. The number of carbonyl (C=O) groups is 1. The van der Waals surface area contributed by atoms with Crippen molar-refractivity contribution >= 4 is 12.0 Å². The number of nitriles is 1. The Morgan fingerprint density at radius 1 is 1.07 bits per heavy atom. The molecule has 30 heavy (non-hydrogen) atoms. The molecule has 0 aliphatic heterocycles. The molecule has 0 fully saturated rings. The lowest BCUT2D eigenvalue weighted by Gasteiger charge is -2.11. The Balaban J connectivity index is 2.16. The molecule has 0 spiro atoms. The quantitative estimate of drug-likeness (QED) is 0.391. The first kappa shape index (κ1) is 22.2. The van der Waals surface area contributed by atoms with Crippen LogP contribution in [0.4, 0.5) is 0 Å². The number of nitrogens with one attached hydrogen (secondary N) is 1. The van der Waals surface area contributed by atoms with Crippen molar-refractivity contribution in [2.75, 3.05) is 27.9 Å². The van der Waals surface area contributed by atoms with Gasteiger partial charge in [-0.3, -0.25) is 4.79 Å². The van der Waals surface area contributed by atoms with Crippen LogP contribution in [0.3, 0.4) is 0 Å². The second-order valence-electron chi connectivity index (χ2n) is 5.93. The van der Waals surface area contributed by atoms with E-state index in [2.05, 4.69) is 11.2 Å². The average molecular weight is 406 g/mol. The van der Waals surface area contributed by atoms with Gasteiger partial charge in [0.25, 0.3) is 5.91 Å². The Morgan fingerprint density at radius 2 is 1.83 bits per heavy atom. The molecule has 0 unspecified atom stereocenters. The Labute approximate surface area is 175 Å². The van der Waals surface area contributed by atoms with E-state index in [-0.39, 0.29) is 18.7 Å². The van der Waals surface area contributed by atoms with Gasteiger partial charge in [-0.2, -0.15) is 5.26 Å². The number of methoxy groups -OCH3 is 3. The van der Waals surface area contributed by atoms with Crippen LogP contribution in [-0.4, -0.2) is 33.8 Å². The first-order valence-corrected chi connectivity index (χ1v) is 8.91. The van der Waals surface area contributed by atoms with E-state index in [0.717, 1.165) is 5.56 Å². The summed E-state index contributed by atoms with van der Waals surface area (Å²) >= 11 is 0. The summed E-state index contributed by atoms with van der Waals surface area (Å²) in [4.78, 5) is 12.5. The number of hydrogen-bond donors (Lipinski definition) is 1. The molecule has 1 N–H and O–H groups in total. The molecule has 0 aromatic heterocycles. The molecule has 0 saturated carbocycles. The molecule has 2 rings (SSSR count). The van der Waals surface area contributed by atoms with Gasteiger partial charge < -0.3 is 24.3 Å². The first-order valence-electron chi connectivity index (χ1n) is 8.91. The van der Waals surface area contributed by atoms with E-state index in [1.165, 1.54) is 20.3 Å². The normalized spacial score (nSPS) is 10.4. The van der Waals surface area contributed by atoms with Crippen molar-refractivity contribution < 1.29 is 23.7 Å². The van der Waals surface area contributed by atoms with E-state index in [9.17, 15) is 10.1 Å². The largest absolute Gasteiger partial charge is 0.497 e. The number of amides is 1. The van der Waals surface area contributed by atoms with Crippen LogP contribution in [0.25, 0.3) is 6.08 Å². The van der Waals surface area contributed by atoms with E-state index >= 15 is 0 Å². The molecule has 154 valence electrons. The predicted molar refractivity (Wildman–Crippen MR) is 112 cm³/mol. The average Bonchev–Trinajstić information content (AvgIpc) is 2.79. The van der Waals surface area contributed by atoms with Gasteiger partial charge in [0.05, 0.1) is 21.3 Å². The van der Waals surface area contributed by atoms with Crippen LogP contribution >= 0.6 is 0 Å². The van der Waals surface area contributed by atoms with Gasteiger partial charge in [-0.15, -0.1) is 6.42 Å². The highest BCUT2D eigenvalue weighted by Crippen LogP contribution is 2.29. The highest BCUT2D eigenvalue weighted by atomic mass is 16.5. The zero-order chi connectivity index (χ0) is 21.9. The molecule has 1 amide bonds. The molecule has 7 heteroatoms. The van der Waals surface area contributed by atoms with Crippen LogP contribution in [-0.2, 0) is 11.3 Å². The number of ether oxygens (including phenoxy) is 4. The molecule has 0 aliphatic rings. The summed E-state index contributed by atoms with van der Waals surface area (Å²) in [5.74, 6) is 4.00. The van der Waals surface area contributed by atoms with Gasteiger partial charge in [-0.05, 0) is 35.9 Å². The minimum absolute atomic E-state index is 0.0539. The second-order valence-corrected chi connectivity index (χ2v) is 5.93. The monoisotopic (exact) mass is 406 g/mol. The van der Waals surface area contributed by atoms with Crippen LogP contribution in [0.15, 0.2) is 42.0 Å². The Morgan fingerprint density at radius 3 is 2.47 bits per heavy atom. The Kier molecular flexibility index (Phi) is 8.16. The molecule has 2 aromatic rings. The van der Waals surface area contributed by atoms with Crippen molar-refractivity contribution in [1.82, 2.24) is 5.32 Å². The van der Waals surface area contributed by atoms with Gasteiger partial charge in [0.1, 0.15) is 29.7 Å². The van der Waals surface area contributed by atoms with Crippen LogP contribution in [0.2, 0.25) is 0 Å². The van der Waals surface area contributed by atoms with Crippen molar-refractivity contribution in [3.63, 3.8) is 0 Å². The van der Waals surface area contributed by atoms with Crippen molar-refractivity contribution in [2.45, 2.75) is 6.54 Å². The van der Waals surface area contributed by atoms with Crippen LogP contribution in [0.5, 0.6) is 23.0 Å². The summed E-state index contributed by atoms with van der Waals surface area (Å²) in [7, 11) is 4.58. The van der Waals surface area contributed by atoms with Gasteiger partial charge in [0.15, 0.2) is 11.5 Å². The molecule has 0 aliphatic carbocycles. The first-order chi connectivity index (χ1) is 14.6. The zero-order valence-corrected chi connectivity index (χ0v) is 17.0. The number of benzene rings is 2. The zero-order valence-electron chi connectivity index (χ0n) is 17.0. The number of rotatable bonds is 9. The van der Waals surface area contributed by atoms with Gasteiger partial charge in [-0.1, -0.05) is 12.0 Å². The Hall–Kier alpha value is -4.10. The van der Waals surface area contributed by atoms with Gasteiger partial charge in [0.2, 0.25) is 0 Å². The standard InChI is InChI=1S/C23H22N2O5/c1-5-10-30-20-9-6-16(12-22(20)29-4)11-18(14-24)23(26)25-15-17-7-8-19(27-2)13-21(17)28-3/h1,6-9,11-13H,10,15H2,2-4H3,(H,25,26)/b18-11+. The third kappa shape index (κ3) is 5.70. The Bertz CT molecular complexity index is 1020. The summed E-state index contributed by atoms with van der Waals surface area (Å²) in [6.07, 6.45) is 6.66. The number of hydrogen-bond acceptors (Lipinski definition) is 6. The second kappa shape index (κ2) is 11.0. The van der Waals surface area contributed by atoms with Crippen molar-refractivity contribution in [3.05, 3.63) is 53.1 Å². The lowest BCUT2D eigenvalue weighted by atomic mass is 10.1. The van der Waals surface area contributed by atoms with Crippen molar-refractivity contribution in [3.8, 4) is 41.4 Å². The van der Waals surface area contributed by atoms with Crippen LogP contribution in [0, 0.1) is 23.7 Å². The topological polar surface area (TPSA) is 89.8 Å². The lowest BCUT2D eigenvalue weighted by Crippen LogP contribution is -2.24. The fourth-order valence-corrected chi connectivity index (χ4v) is 2.60. The molecular weight excluding hydrogens is 384 g/mol. The highest BCUT2D eigenvalue weighted by Gasteiger charge is 2.12. The van der Waals surface area contributed by atoms with E-state index < -0.39 is 5.91 Å². The molecule has 2 aromatic carbocycles. The SMILES string of the molecule is C#CCOc1ccc(/C=C(\C#N)C(=O)NCc2ccc(OC)cc2OC)cc1OC. The summed E-state index contributed by atoms with van der Waals surface area (Å²) < 4.78 is 21.1. The van der Waals surface area contributed by atoms with E-state index in [4.69, 9.17) is 25.4 Å². The van der Waals surface area contributed by atoms with E-state index in [1.54, 1.807) is 43.5 Å². The molecule has 0 radical (unpaired) electrons. The third-order valence-electron chi connectivity index (χ3n) is 4.11. The maximum absolute atomic E-state index is 12.5. The molecule has 0 heterocycles. The maximum Gasteiger partial charge on any atom is 0.262 e. The molecule has 0 bridgehead atoms. The summed E-state index contributed by atoms with van der Waals surface area (Å²) in [6.45, 7) is 0.291. The summed E-state index contributed by atoms with van der Waals surface area (Å²) in [5, 5.41) is 12.1. The number of nitrogens with zero attached hydrogens (tertiary/aromatic N) is 1. The minimum Gasteiger partial charge on any atom is -0.497 e. The van der Waals surface area contributed by atoms with Gasteiger partial charge in [-0.25, -0.2) is 0 Å². The van der Waals surface area contributed by atoms with Crippen molar-refractivity contribution in [2.24, 2.45) is 0 Å². The van der Waals surface area contributed by atoms with Gasteiger partial charge >= 0.3 is 0 Å². The number of carbonyl (C=O) groups excluding carboxylic acids is 1. The smallest absolute Gasteiger partial charge is 0.262 e. The minimum atomic E-state index is -0.512. The fourth-order valence-electron chi connectivity index (χ4n) is 2.60. The van der Waals surface area contributed by atoms with E-state index in [0.29, 0.717) is 28.6 Å². The third-order valence-corrected chi connectivity index (χ3v) is 4.11. The molecule has 0 saturated heterocycles. The lowest BCUT2D eigenvalue weighted by molar-refractivity contribution is -0.117. The van der Waals surface area contributed by atoms with Crippen molar-refractivity contribution in [1.29, 1.82) is 5.26 Å². The van der Waals surface area contributed by atoms with Crippen LogP contribution < -0.4 is 24.3 Å². The maximum atomic E-state index is 12.5. The number of terminal acetylenes is 1. The van der Waals surface area contributed by atoms with Gasteiger partial charge in [0, 0.05) is 18.2 Å².